The molecule has 1 rings (SSSR count). The van der Waals surface area contributed by atoms with Gasteiger partial charge in [0.1, 0.15) is 0 Å². The Labute approximate surface area is 81.5 Å². The van der Waals surface area contributed by atoms with Crippen molar-refractivity contribution >= 4 is 0 Å². The predicted molar refractivity (Wildman–Crippen MR) is 55.3 cm³/mol. The molecule has 0 aliphatic heterocycles. The molecule has 4 unspecified atom stereocenters. The molecular weight excluding hydrogens is 162 g/mol. The summed E-state index contributed by atoms with van der Waals surface area (Å²) in [5.74, 6) is 1.90. The van der Waals surface area contributed by atoms with Crippen LogP contribution in [0.3, 0.4) is 0 Å². The Hall–Kier alpha value is -0.0800. The van der Waals surface area contributed by atoms with Crippen molar-refractivity contribution in [1.29, 1.82) is 0 Å². The van der Waals surface area contributed by atoms with E-state index < -0.39 is 5.60 Å². The Bertz CT molecular complexity index is 179. The molecule has 0 aromatic rings. The molecular formula is C11H23NO. The predicted octanol–water partition coefficient (Wildman–Crippen LogP) is 1.77. The molecule has 0 spiro atoms. The molecule has 78 valence electrons. The van der Waals surface area contributed by atoms with Crippen molar-refractivity contribution in [2.45, 2.75) is 52.2 Å². The summed E-state index contributed by atoms with van der Waals surface area (Å²) in [6.07, 6.45) is 1.75. The lowest BCUT2D eigenvalue weighted by Crippen LogP contribution is -2.44. The summed E-state index contributed by atoms with van der Waals surface area (Å²) in [6, 6.07) is -0.0984. The number of hydrogen-bond donors (Lipinski definition) is 2. The van der Waals surface area contributed by atoms with Crippen molar-refractivity contribution in [1.82, 2.24) is 0 Å². The van der Waals surface area contributed by atoms with E-state index in [0.29, 0.717) is 17.8 Å². The van der Waals surface area contributed by atoms with Crippen LogP contribution in [-0.4, -0.2) is 16.7 Å². The molecule has 3 N–H and O–H groups in total. The van der Waals surface area contributed by atoms with E-state index in [2.05, 4.69) is 20.8 Å². The van der Waals surface area contributed by atoms with Crippen molar-refractivity contribution in [3.05, 3.63) is 0 Å². The quantitative estimate of drug-likeness (QED) is 0.688. The van der Waals surface area contributed by atoms with Gasteiger partial charge in [-0.2, -0.15) is 0 Å². The third-order valence-electron chi connectivity index (χ3n) is 3.70. The Morgan fingerprint density at radius 3 is 2.08 bits per heavy atom. The highest BCUT2D eigenvalue weighted by molar-refractivity contribution is 4.98. The second-order valence-corrected chi connectivity index (χ2v) is 5.19. The fraction of sp³-hybridized carbons (Fsp3) is 1.00. The van der Waals surface area contributed by atoms with Crippen LogP contribution >= 0.6 is 0 Å². The van der Waals surface area contributed by atoms with E-state index >= 15 is 0 Å². The van der Waals surface area contributed by atoms with Gasteiger partial charge in [0, 0.05) is 6.04 Å². The second kappa shape index (κ2) is 3.58. The molecule has 1 aliphatic carbocycles. The van der Waals surface area contributed by atoms with Crippen LogP contribution in [0, 0.1) is 17.8 Å². The van der Waals surface area contributed by atoms with Gasteiger partial charge in [0.25, 0.3) is 0 Å². The van der Waals surface area contributed by atoms with Crippen LogP contribution < -0.4 is 5.73 Å². The van der Waals surface area contributed by atoms with Gasteiger partial charge >= 0.3 is 0 Å². The summed E-state index contributed by atoms with van der Waals surface area (Å²) < 4.78 is 0. The van der Waals surface area contributed by atoms with Crippen molar-refractivity contribution in [2.24, 2.45) is 23.5 Å². The maximum absolute atomic E-state index is 10.2. The summed E-state index contributed by atoms with van der Waals surface area (Å²) in [5, 5.41) is 10.2. The number of aliphatic hydroxyl groups is 1. The molecule has 0 heterocycles. The van der Waals surface area contributed by atoms with Gasteiger partial charge in [-0.1, -0.05) is 20.8 Å². The third kappa shape index (κ3) is 2.05. The normalized spacial score (nSPS) is 42.7. The number of rotatable bonds is 2. The molecule has 0 bridgehead atoms. The maximum atomic E-state index is 10.2. The van der Waals surface area contributed by atoms with Crippen molar-refractivity contribution < 1.29 is 5.11 Å². The highest BCUT2D eigenvalue weighted by Crippen LogP contribution is 2.43. The van der Waals surface area contributed by atoms with Gasteiger partial charge in [-0.15, -0.1) is 0 Å². The zero-order valence-electron chi connectivity index (χ0n) is 9.25. The van der Waals surface area contributed by atoms with Gasteiger partial charge in [0.2, 0.25) is 0 Å². The summed E-state index contributed by atoms with van der Waals surface area (Å²) in [7, 11) is 0. The minimum Gasteiger partial charge on any atom is -0.388 e. The Balaban J connectivity index is 2.69. The Morgan fingerprint density at radius 1 is 1.31 bits per heavy atom. The van der Waals surface area contributed by atoms with E-state index in [1.165, 1.54) is 0 Å². The molecule has 0 aromatic heterocycles. The van der Waals surface area contributed by atoms with E-state index in [1.54, 1.807) is 0 Å². The van der Waals surface area contributed by atoms with Gasteiger partial charge in [-0.25, -0.2) is 0 Å². The lowest BCUT2D eigenvalue weighted by molar-refractivity contribution is 0.0192. The topological polar surface area (TPSA) is 46.2 Å². The Kier molecular flexibility index (Phi) is 3.03. The van der Waals surface area contributed by atoms with Crippen LogP contribution in [0.1, 0.15) is 40.5 Å². The molecule has 0 radical (unpaired) electrons. The number of hydrogen-bond acceptors (Lipinski definition) is 2. The molecule has 4 atom stereocenters. The zero-order chi connectivity index (χ0) is 10.2. The average molecular weight is 185 g/mol. The first-order valence-corrected chi connectivity index (χ1v) is 5.35. The van der Waals surface area contributed by atoms with Gasteiger partial charge in [0.05, 0.1) is 5.60 Å². The van der Waals surface area contributed by atoms with Crippen molar-refractivity contribution in [3.63, 3.8) is 0 Å². The molecule has 1 saturated carbocycles. The molecule has 0 aromatic carbocycles. The minimum absolute atomic E-state index is 0.0984. The van der Waals surface area contributed by atoms with E-state index in [-0.39, 0.29) is 6.04 Å². The molecule has 2 nitrogen and oxygen atoms in total. The van der Waals surface area contributed by atoms with Crippen LogP contribution in [0.25, 0.3) is 0 Å². The summed E-state index contributed by atoms with van der Waals surface area (Å²) in [5.41, 5.74) is 5.20. The van der Waals surface area contributed by atoms with E-state index in [1.807, 2.05) is 6.92 Å². The summed E-state index contributed by atoms with van der Waals surface area (Å²) >= 11 is 0. The van der Waals surface area contributed by atoms with Gasteiger partial charge in [0.15, 0.2) is 0 Å². The van der Waals surface area contributed by atoms with E-state index in [4.69, 9.17) is 5.73 Å². The molecule has 1 aliphatic rings. The summed E-state index contributed by atoms with van der Waals surface area (Å²) in [6.45, 7) is 8.60. The van der Waals surface area contributed by atoms with Crippen LogP contribution in [-0.2, 0) is 0 Å². The molecule has 0 amide bonds. The highest BCUT2D eigenvalue weighted by atomic mass is 16.3. The first kappa shape index (κ1) is 11.0. The first-order valence-electron chi connectivity index (χ1n) is 5.35. The van der Waals surface area contributed by atoms with Crippen molar-refractivity contribution in [2.75, 3.05) is 0 Å². The van der Waals surface area contributed by atoms with Gasteiger partial charge in [-0.05, 0) is 37.5 Å². The molecule has 1 fully saturated rings. The van der Waals surface area contributed by atoms with Crippen LogP contribution in [0.5, 0.6) is 0 Å². The highest BCUT2D eigenvalue weighted by Gasteiger charge is 2.45. The van der Waals surface area contributed by atoms with Crippen LogP contribution in [0.4, 0.5) is 0 Å². The fourth-order valence-corrected chi connectivity index (χ4v) is 2.67. The average Bonchev–Trinajstić information content (AvgIpc) is 2.28. The van der Waals surface area contributed by atoms with Gasteiger partial charge in [-0.3, -0.25) is 0 Å². The SMILES string of the molecule is CC(C)C1CC(O)(C(C)N)CC1C. The van der Waals surface area contributed by atoms with Crippen LogP contribution in [0.15, 0.2) is 0 Å². The monoisotopic (exact) mass is 185 g/mol. The summed E-state index contributed by atoms with van der Waals surface area (Å²) in [4.78, 5) is 0. The molecule has 13 heavy (non-hydrogen) atoms. The number of nitrogens with two attached hydrogens (primary N) is 1. The molecule has 0 saturated heterocycles. The third-order valence-corrected chi connectivity index (χ3v) is 3.70. The van der Waals surface area contributed by atoms with Gasteiger partial charge < -0.3 is 10.8 Å². The lowest BCUT2D eigenvalue weighted by atomic mass is 9.86. The van der Waals surface area contributed by atoms with E-state index in [0.717, 1.165) is 12.8 Å². The standard InChI is InChI=1S/C11H23NO/c1-7(2)10-6-11(13,9(4)12)5-8(10)3/h7-10,13H,5-6,12H2,1-4H3. The Morgan fingerprint density at radius 2 is 1.85 bits per heavy atom. The lowest BCUT2D eigenvalue weighted by Gasteiger charge is -2.27. The van der Waals surface area contributed by atoms with E-state index in [9.17, 15) is 5.11 Å². The van der Waals surface area contributed by atoms with Crippen molar-refractivity contribution in [3.8, 4) is 0 Å². The smallest absolute Gasteiger partial charge is 0.0800 e. The fourth-order valence-electron chi connectivity index (χ4n) is 2.67. The largest absolute Gasteiger partial charge is 0.388 e. The zero-order valence-corrected chi connectivity index (χ0v) is 9.25. The molecule has 2 heteroatoms. The van der Waals surface area contributed by atoms with Crippen LogP contribution in [0.2, 0.25) is 0 Å². The second-order valence-electron chi connectivity index (χ2n) is 5.19. The minimum atomic E-state index is -0.603. The maximum Gasteiger partial charge on any atom is 0.0800 e. The first-order chi connectivity index (χ1) is 5.87.